The number of unbranched alkanes of at least 4 members (excludes halogenated alkanes) is 1. The van der Waals surface area contributed by atoms with Crippen LogP contribution in [0.25, 0.3) is 0 Å². The topological polar surface area (TPSA) is 50.7 Å². The van der Waals surface area contributed by atoms with Crippen LogP contribution in [0.5, 0.6) is 11.5 Å². The Morgan fingerprint density at radius 1 is 1.26 bits per heavy atom. The van der Waals surface area contributed by atoms with Crippen LogP contribution in [0.4, 0.5) is 0 Å². The lowest BCUT2D eigenvalue weighted by atomic mass is 10.2. The Bertz CT molecular complexity index is 355. The van der Waals surface area contributed by atoms with Gasteiger partial charge in [0, 0.05) is 24.8 Å². The maximum atomic E-state index is 8.76. The summed E-state index contributed by atoms with van der Waals surface area (Å²) in [5.74, 6) is 1.66. The van der Waals surface area contributed by atoms with Crippen LogP contribution in [0.15, 0.2) is 18.2 Å². The predicted octanol–water partition coefficient (Wildman–Crippen LogP) is 2.35. The number of aliphatic hydroxyl groups is 1. The fourth-order valence-electron chi connectivity index (χ4n) is 1.74. The van der Waals surface area contributed by atoms with Gasteiger partial charge in [-0.3, -0.25) is 0 Å². The van der Waals surface area contributed by atoms with Crippen molar-refractivity contribution < 1.29 is 14.6 Å². The fraction of sp³-hybridized carbons (Fsp3) is 0.600. The fourth-order valence-corrected chi connectivity index (χ4v) is 1.74. The molecule has 1 rings (SSSR count). The molecular weight excluding hydrogens is 242 g/mol. The van der Waals surface area contributed by atoms with Crippen molar-refractivity contribution in [1.29, 1.82) is 0 Å². The Hall–Kier alpha value is -1.26. The van der Waals surface area contributed by atoms with E-state index in [1.165, 1.54) is 0 Å². The molecule has 0 amide bonds. The highest BCUT2D eigenvalue weighted by molar-refractivity contribution is 5.40. The summed E-state index contributed by atoms with van der Waals surface area (Å²) in [5, 5.41) is 12.1. The molecule has 0 atom stereocenters. The van der Waals surface area contributed by atoms with E-state index in [1.54, 1.807) is 7.11 Å². The van der Waals surface area contributed by atoms with Crippen LogP contribution in [0.3, 0.4) is 0 Å². The molecule has 0 unspecified atom stereocenters. The molecule has 108 valence electrons. The smallest absolute Gasteiger partial charge is 0.127 e. The van der Waals surface area contributed by atoms with Gasteiger partial charge in [0.2, 0.25) is 0 Å². The first-order chi connectivity index (χ1) is 9.31. The van der Waals surface area contributed by atoms with Crippen molar-refractivity contribution in [1.82, 2.24) is 5.32 Å². The molecule has 2 N–H and O–H groups in total. The van der Waals surface area contributed by atoms with Crippen molar-refractivity contribution in [2.75, 3.05) is 26.9 Å². The number of benzene rings is 1. The second kappa shape index (κ2) is 9.64. The van der Waals surface area contributed by atoms with Gasteiger partial charge >= 0.3 is 0 Å². The van der Waals surface area contributed by atoms with Gasteiger partial charge in [-0.15, -0.1) is 0 Å². The molecule has 0 aliphatic rings. The highest BCUT2D eigenvalue weighted by Crippen LogP contribution is 2.25. The van der Waals surface area contributed by atoms with E-state index in [9.17, 15) is 0 Å². The highest BCUT2D eigenvalue weighted by atomic mass is 16.5. The molecule has 1 aromatic carbocycles. The summed E-state index contributed by atoms with van der Waals surface area (Å²) >= 11 is 0. The lowest BCUT2D eigenvalue weighted by molar-refractivity contribution is 0.251. The van der Waals surface area contributed by atoms with Gasteiger partial charge in [-0.2, -0.15) is 0 Å². The first kappa shape index (κ1) is 15.8. The van der Waals surface area contributed by atoms with E-state index < -0.39 is 0 Å². The van der Waals surface area contributed by atoms with Crippen molar-refractivity contribution in [3.05, 3.63) is 23.8 Å². The molecule has 0 radical (unpaired) electrons. The number of rotatable bonds is 10. The quantitative estimate of drug-likeness (QED) is 0.639. The van der Waals surface area contributed by atoms with E-state index in [4.69, 9.17) is 14.6 Å². The normalized spacial score (nSPS) is 10.5. The summed E-state index contributed by atoms with van der Waals surface area (Å²) in [7, 11) is 1.65. The first-order valence-corrected chi connectivity index (χ1v) is 6.93. The van der Waals surface area contributed by atoms with E-state index in [0.717, 1.165) is 49.4 Å². The van der Waals surface area contributed by atoms with E-state index in [-0.39, 0.29) is 6.61 Å². The van der Waals surface area contributed by atoms with Crippen LogP contribution < -0.4 is 14.8 Å². The van der Waals surface area contributed by atoms with Crippen LogP contribution in [0, 0.1) is 0 Å². The second-order valence-corrected chi connectivity index (χ2v) is 4.43. The SMILES string of the molecule is CCCNCc1ccc(OC)cc1OCCCCO. The third kappa shape index (κ3) is 5.94. The monoisotopic (exact) mass is 267 g/mol. The first-order valence-electron chi connectivity index (χ1n) is 6.93. The number of aliphatic hydroxyl groups excluding tert-OH is 1. The molecule has 0 heterocycles. The Labute approximate surface area is 115 Å². The zero-order valence-corrected chi connectivity index (χ0v) is 11.9. The predicted molar refractivity (Wildman–Crippen MR) is 76.8 cm³/mol. The minimum atomic E-state index is 0.215. The molecule has 0 spiro atoms. The average Bonchev–Trinajstić information content (AvgIpc) is 2.45. The maximum Gasteiger partial charge on any atom is 0.127 e. The van der Waals surface area contributed by atoms with Crippen molar-refractivity contribution in [3.8, 4) is 11.5 Å². The molecular formula is C15H25NO3. The van der Waals surface area contributed by atoms with Gasteiger partial charge in [-0.25, -0.2) is 0 Å². The van der Waals surface area contributed by atoms with Gasteiger partial charge in [-0.05, 0) is 31.9 Å². The molecule has 0 aliphatic carbocycles. The van der Waals surface area contributed by atoms with Crippen molar-refractivity contribution >= 4 is 0 Å². The van der Waals surface area contributed by atoms with Gasteiger partial charge in [0.15, 0.2) is 0 Å². The lowest BCUT2D eigenvalue weighted by Crippen LogP contribution is -2.15. The number of ether oxygens (including phenoxy) is 2. The molecule has 4 nitrogen and oxygen atoms in total. The van der Waals surface area contributed by atoms with Gasteiger partial charge in [0.25, 0.3) is 0 Å². The molecule has 0 saturated heterocycles. The average molecular weight is 267 g/mol. The number of hydrogen-bond acceptors (Lipinski definition) is 4. The van der Waals surface area contributed by atoms with Crippen molar-refractivity contribution in [2.24, 2.45) is 0 Å². The Kier molecular flexibility index (Phi) is 8.02. The summed E-state index contributed by atoms with van der Waals surface area (Å²) in [6.45, 7) is 4.78. The summed E-state index contributed by atoms with van der Waals surface area (Å²) in [6.07, 6.45) is 2.74. The van der Waals surface area contributed by atoms with Crippen molar-refractivity contribution in [3.63, 3.8) is 0 Å². The number of hydrogen-bond donors (Lipinski definition) is 2. The van der Waals surface area contributed by atoms with E-state index in [0.29, 0.717) is 6.61 Å². The van der Waals surface area contributed by atoms with E-state index in [1.807, 2.05) is 18.2 Å². The molecule has 0 fully saturated rings. The highest BCUT2D eigenvalue weighted by Gasteiger charge is 2.05. The molecule has 19 heavy (non-hydrogen) atoms. The third-order valence-electron chi connectivity index (χ3n) is 2.83. The van der Waals surface area contributed by atoms with Crippen LogP contribution in [-0.4, -0.2) is 32.0 Å². The number of methoxy groups -OCH3 is 1. The summed E-state index contributed by atoms with van der Waals surface area (Å²) in [5.41, 5.74) is 1.14. The summed E-state index contributed by atoms with van der Waals surface area (Å²) < 4.78 is 11.0. The molecule has 4 heteroatoms. The van der Waals surface area contributed by atoms with E-state index >= 15 is 0 Å². The van der Waals surface area contributed by atoms with Gasteiger partial charge in [0.1, 0.15) is 11.5 Å². The molecule has 1 aromatic rings. The van der Waals surface area contributed by atoms with Crippen LogP contribution in [0.1, 0.15) is 31.7 Å². The zero-order chi connectivity index (χ0) is 13.9. The van der Waals surface area contributed by atoms with Gasteiger partial charge < -0.3 is 19.9 Å². The largest absolute Gasteiger partial charge is 0.497 e. The Morgan fingerprint density at radius 3 is 2.79 bits per heavy atom. The van der Waals surface area contributed by atoms with Gasteiger partial charge in [-0.1, -0.05) is 13.0 Å². The Balaban J connectivity index is 2.60. The van der Waals surface area contributed by atoms with Crippen LogP contribution in [-0.2, 0) is 6.54 Å². The minimum absolute atomic E-state index is 0.215. The maximum absolute atomic E-state index is 8.76. The standard InChI is InChI=1S/C15H25NO3/c1-3-8-16-12-13-6-7-14(18-2)11-15(13)19-10-5-4-9-17/h6-7,11,16-17H,3-5,8-10,12H2,1-2H3. The number of nitrogens with one attached hydrogen (secondary N) is 1. The summed E-state index contributed by atoms with van der Waals surface area (Å²) in [6, 6.07) is 5.90. The molecule has 0 aliphatic heterocycles. The van der Waals surface area contributed by atoms with Crippen molar-refractivity contribution in [2.45, 2.75) is 32.7 Å². The molecule has 0 aromatic heterocycles. The van der Waals surface area contributed by atoms with Crippen LogP contribution in [0.2, 0.25) is 0 Å². The third-order valence-corrected chi connectivity index (χ3v) is 2.83. The zero-order valence-electron chi connectivity index (χ0n) is 11.9. The van der Waals surface area contributed by atoms with Gasteiger partial charge in [0.05, 0.1) is 13.7 Å². The molecule has 0 bridgehead atoms. The summed E-state index contributed by atoms with van der Waals surface area (Å²) in [4.78, 5) is 0. The molecule has 0 saturated carbocycles. The van der Waals surface area contributed by atoms with E-state index in [2.05, 4.69) is 12.2 Å². The minimum Gasteiger partial charge on any atom is -0.497 e. The van der Waals surface area contributed by atoms with Crippen LogP contribution >= 0.6 is 0 Å². The Morgan fingerprint density at radius 2 is 2.11 bits per heavy atom. The lowest BCUT2D eigenvalue weighted by Gasteiger charge is -2.13. The second-order valence-electron chi connectivity index (χ2n) is 4.43.